The molecule has 26 heavy (non-hydrogen) atoms. The second-order valence-corrected chi connectivity index (χ2v) is 7.27. The summed E-state index contributed by atoms with van der Waals surface area (Å²) in [5.41, 5.74) is 2.04. The lowest BCUT2D eigenvalue weighted by Gasteiger charge is -2.32. The summed E-state index contributed by atoms with van der Waals surface area (Å²) in [7, 11) is 0. The standard InChI is InChI=1S/C18H22N6OS/c1-13-11-20-18(26-2)22-17(13)25-12-14-4-8-23(9-5-14)16-15-3-6-21-24(15)10-7-19-16/h3,6-7,10-11,14H,4-5,8-9,12H2,1-2H3. The van der Waals surface area contributed by atoms with Crippen LogP contribution in [0.1, 0.15) is 18.4 Å². The molecule has 0 unspecified atom stereocenters. The average Bonchev–Trinajstić information content (AvgIpc) is 3.17. The zero-order chi connectivity index (χ0) is 17.9. The van der Waals surface area contributed by atoms with E-state index in [1.165, 1.54) is 11.8 Å². The molecule has 0 aromatic carbocycles. The zero-order valence-electron chi connectivity index (χ0n) is 15.0. The molecule has 0 atom stereocenters. The van der Waals surface area contributed by atoms with Crippen LogP contribution in [0.5, 0.6) is 5.88 Å². The maximum absolute atomic E-state index is 6.00. The van der Waals surface area contributed by atoms with Crippen molar-refractivity contribution in [2.24, 2.45) is 5.92 Å². The molecule has 3 aromatic rings. The van der Waals surface area contributed by atoms with E-state index in [2.05, 4.69) is 25.0 Å². The van der Waals surface area contributed by atoms with Gasteiger partial charge in [0, 0.05) is 37.2 Å². The van der Waals surface area contributed by atoms with E-state index in [0.29, 0.717) is 18.4 Å². The fourth-order valence-corrected chi connectivity index (χ4v) is 3.58. The number of hydrogen-bond acceptors (Lipinski definition) is 7. The van der Waals surface area contributed by atoms with Crippen LogP contribution in [0.25, 0.3) is 5.52 Å². The van der Waals surface area contributed by atoms with Gasteiger partial charge in [0.1, 0.15) is 5.52 Å². The van der Waals surface area contributed by atoms with E-state index in [-0.39, 0.29) is 0 Å². The van der Waals surface area contributed by atoms with E-state index in [1.54, 1.807) is 0 Å². The highest BCUT2D eigenvalue weighted by Crippen LogP contribution is 2.26. The molecule has 8 heteroatoms. The van der Waals surface area contributed by atoms with Crippen LogP contribution in [0.15, 0.2) is 36.0 Å². The van der Waals surface area contributed by atoms with Gasteiger partial charge in [0.2, 0.25) is 5.88 Å². The molecule has 136 valence electrons. The Balaban J connectivity index is 1.36. The van der Waals surface area contributed by atoms with Crippen LogP contribution in [-0.2, 0) is 0 Å². The molecule has 4 heterocycles. The minimum atomic E-state index is 0.531. The second kappa shape index (κ2) is 7.49. The first kappa shape index (κ1) is 17.1. The van der Waals surface area contributed by atoms with Crippen LogP contribution in [0.3, 0.4) is 0 Å². The molecule has 1 fully saturated rings. The van der Waals surface area contributed by atoms with Crippen molar-refractivity contribution >= 4 is 23.1 Å². The number of aromatic nitrogens is 5. The van der Waals surface area contributed by atoms with Gasteiger partial charge in [0.15, 0.2) is 11.0 Å². The highest BCUT2D eigenvalue weighted by molar-refractivity contribution is 7.98. The van der Waals surface area contributed by atoms with E-state index in [1.807, 2.05) is 48.5 Å². The highest BCUT2D eigenvalue weighted by Gasteiger charge is 2.22. The van der Waals surface area contributed by atoms with Crippen molar-refractivity contribution < 1.29 is 4.74 Å². The molecular formula is C18H22N6OS. The van der Waals surface area contributed by atoms with Gasteiger partial charge in [-0.15, -0.1) is 0 Å². The minimum absolute atomic E-state index is 0.531. The lowest BCUT2D eigenvalue weighted by atomic mass is 9.98. The summed E-state index contributed by atoms with van der Waals surface area (Å²) in [6.07, 6.45) is 11.5. The van der Waals surface area contributed by atoms with Gasteiger partial charge in [0.05, 0.1) is 12.8 Å². The van der Waals surface area contributed by atoms with Gasteiger partial charge in [0.25, 0.3) is 0 Å². The summed E-state index contributed by atoms with van der Waals surface area (Å²) in [5.74, 6) is 2.25. The number of ether oxygens (including phenoxy) is 1. The average molecular weight is 370 g/mol. The first-order chi connectivity index (χ1) is 12.7. The Morgan fingerprint density at radius 1 is 1.23 bits per heavy atom. The molecular weight excluding hydrogens is 348 g/mol. The largest absolute Gasteiger partial charge is 0.477 e. The van der Waals surface area contributed by atoms with Gasteiger partial charge in [-0.2, -0.15) is 10.1 Å². The molecule has 0 spiro atoms. The van der Waals surface area contributed by atoms with Crippen LogP contribution in [0, 0.1) is 12.8 Å². The lowest BCUT2D eigenvalue weighted by Crippen LogP contribution is -2.36. The minimum Gasteiger partial charge on any atom is -0.477 e. The zero-order valence-corrected chi connectivity index (χ0v) is 15.8. The van der Waals surface area contributed by atoms with Gasteiger partial charge in [-0.05, 0) is 38.0 Å². The van der Waals surface area contributed by atoms with Crippen molar-refractivity contribution in [1.29, 1.82) is 0 Å². The third kappa shape index (κ3) is 3.46. The Morgan fingerprint density at radius 3 is 2.88 bits per heavy atom. The third-order valence-electron chi connectivity index (χ3n) is 4.76. The number of piperidine rings is 1. The Labute approximate surface area is 156 Å². The number of hydrogen-bond donors (Lipinski definition) is 0. The van der Waals surface area contributed by atoms with E-state index >= 15 is 0 Å². The van der Waals surface area contributed by atoms with E-state index < -0.39 is 0 Å². The molecule has 3 aromatic heterocycles. The fourth-order valence-electron chi connectivity index (χ4n) is 3.25. The van der Waals surface area contributed by atoms with Crippen molar-refractivity contribution in [2.45, 2.75) is 24.9 Å². The Bertz CT molecular complexity index is 890. The number of nitrogens with zero attached hydrogens (tertiary/aromatic N) is 6. The van der Waals surface area contributed by atoms with Gasteiger partial charge >= 0.3 is 0 Å². The van der Waals surface area contributed by atoms with Gasteiger partial charge < -0.3 is 9.64 Å². The summed E-state index contributed by atoms with van der Waals surface area (Å²) in [6.45, 7) is 4.64. The van der Waals surface area contributed by atoms with E-state index in [0.717, 1.165) is 48.0 Å². The van der Waals surface area contributed by atoms with Crippen LogP contribution in [-0.4, -0.2) is 50.5 Å². The molecule has 1 saturated heterocycles. The molecule has 0 aliphatic carbocycles. The number of rotatable bonds is 5. The Hall–Kier alpha value is -2.35. The lowest BCUT2D eigenvalue weighted by molar-refractivity contribution is 0.213. The summed E-state index contributed by atoms with van der Waals surface area (Å²) < 4.78 is 7.88. The normalized spacial score (nSPS) is 15.5. The molecule has 1 aliphatic rings. The molecule has 0 N–H and O–H groups in total. The summed E-state index contributed by atoms with van der Waals surface area (Å²) >= 11 is 1.53. The second-order valence-electron chi connectivity index (χ2n) is 6.50. The maximum atomic E-state index is 6.00. The topological polar surface area (TPSA) is 68.4 Å². The summed E-state index contributed by atoms with van der Waals surface area (Å²) in [5, 5.41) is 5.04. The molecule has 0 saturated carbocycles. The van der Waals surface area contributed by atoms with Crippen LogP contribution in [0.2, 0.25) is 0 Å². The number of fused-ring (bicyclic) bond motifs is 1. The van der Waals surface area contributed by atoms with E-state index in [9.17, 15) is 0 Å². The van der Waals surface area contributed by atoms with Gasteiger partial charge in [-0.3, -0.25) is 0 Å². The molecule has 7 nitrogen and oxygen atoms in total. The summed E-state index contributed by atoms with van der Waals surface area (Å²) in [4.78, 5) is 15.6. The van der Waals surface area contributed by atoms with Gasteiger partial charge in [-0.1, -0.05) is 11.8 Å². The Kier molecular flexibility index (Phi) is 4.92. The van der Waals surface area contributed by atoms with Crippen molar-refractivity contribution in [1.82, 2.24) is 24.6 Å². The van der Waals surface area contributed by atoms with Crippen LogP contribution in [0.4, 0.5) is 5.82 Å². The predicted octanol–water partition coefficient (Wildman–Crippen LogP) is 2.85. The smallest absolute Gasteiger partial charge is 0.220 e. The van der Waals surface area contributed by atoms with Crippen molar-refractivity contribution in [2.75, 3.05) is 30.9 Å². The number of thioether (sulfide) groups is 1. The Morgan fingerprint density at radius 2 is 2.08 bits per heavy atom. The maximum Gasteiger partial charge on any atom is 0.220 e. The molecule has 0 amide bonds. The van der Waals surface area contributed by atoms with Crippen molar-refractivity contribution in [3.05, 3.63) is 36.4 Å². The first-order valence-corrected chi connectivity index (χ1v) is 10.0. The van der Waals surface area contributed by atoms with Crippen molar-refractivity contribution in [3.63, 3.8) is 0 Å². The fraction of sp³-hybridized carbons (Fsp3) is 0.444. The molecule has 0 radical (unpaired) electrons. The summed E-state index contributed by atoms with van der Waals surface area (Å²) in [6, 6.07) is 2.01. The molecule has 1 aliphatic heterocycles. The monoisotopic (exact) mass is 370 g/mol. The van der Waals surface area contributed by atoms with Crippen LogP contribution < -0.4 is 9.64 Å². The first-order valence-electron chi connectivity index (χ1n) is 8.78. The molecule has 0 bridgehead atoms. The number of anilines is 1. The third-order valence-corrected chi connectivity index (χ3v) is 5.32. The highest BCUT2D eigenvalue weighted by atomic mass is 32.2. The SMILES string of the molecule is CSc1ncc(C)c(OCC2CCN(c3nccn4nccc34)CC2)n1. The number of aryl methyl sites for hydroxylation is 1. The van der Waals surface area contributed by atoms with Crippen molar-refractivity contribution in [3.8, 4) is 5.88 Å². The quantitative estimate of drug-likeness (QED) is 0.505. The molecule has 4 rings (SSSR count). The van der Waals surface area contributed by atoms with Gasteiger partial charge in [-0.25, -0.2) is 14.5 Å². The predicted molar refractivity (Wildman–Crippen MR) is 102 cm³/mol. The van der Waals surface area contributed by atoms with Crippen LogP contribution >= 0.6 is 11.8 Å². The van der Waals surface area contributed by atoms with E-state index in [4.69, 9.17) is 4.74 Å².